The molecule has 32 heavy (non-hydrogen) atoms. The van der Waals surface area contributed by atoms with Crippen LogP contribution in [0.15, 0.2) is 48.3 Å². The fourth-order valence-corrected chi connectivity index (χ4v) is 2.57. The summed E-state index contributed by atoms with van der Waals surface area (Å²) in [4.78, 5) is 23.6. The van der Waals surface area contributed by atoms with Crippen LogP contribution < -0.4 is 20.1 Å². The Kier molecular flexibility index (Phi) is 12.3. The van der Waals surface area contributed by atoms with Crippen LogP contribution in [0.1, 0.15) is 13.3 Å². The number of likely N-dealkylation sites (N-methyl/N-ethyl adjacent to an activating group) is 1. The lowest BCUT2D eigenvalue weighted by Gasteiger charge is -2.36. The third-order valence-electron chi connectivity index (χ3n) is 4.15. The Morgan fingerprint density at radius 3 is 2.28 bits per heavy atom. The van der Waals surface area contributed by atoms with Crippen LogP contribution in [-0.4, -0.2) is 50.4 Å². The van der Waals surface area contributed by atoms with Crippen LogP contribution in [-0.2, 0) is 9.59 Å². The van der Waals surface area contributed by atoms with E-state index in [9.17, 15) is 14.0 Å². The van der Waals surface area contributed by atoms with Gasteiger partial charge in [0.05, 0.1) is 10.0 Å². The van der Waals surface area contributed by atoms with Gasteiger partial charge in [-0.25, -0.2) is 9.37 Å². The SMILES string of the molecule is CNC1=CC(C)(NC)C1.O=CCOc1ccc(Cl)c(F)c1.O=CCOc1ccc(Cl)cn1. The Balaban J connectivity index is 0.000000242. The Morgan fingerprint density at radius 1 is 1.12 bits per heavy atom. The molecule has 0 fully saturated rings. The van der Waals surface area contributed by atoms with Crippen LogP contribution in [0, 0.1) is 5.82 Å². The summed E-state index contributed by atoms with van der Waals surface area (Å²) in [7, 11) is 3.95. The Hall–Kier alpha value is -2.68. The number of halogens is 3. The van der Waals surface area contributed by atoms with Crippen molar-refractivity contribution in [3.05, 3.63) is 64.2 Å². The van der Waals surface area contributed by atoms with Gasteiger partial charge in [-0.15, -0.1) is 0 Å². The first-order valence-electron chi connectivity index (χ1n) is 9.54. The molecule has 2 aromatic rings. The van der Waals surface area contributed by atoms with Crippen molar-refractivity contribution >= 4 is 35.8 Å². The third kappa shape index (κ3) is 10.1. The summed E-state index contributed by atoms with van der Waals surface area (Å²) >= 11 is 11.0. The zero-order valence-electron chi connectivity index (χ0n) is 18.0. The fraction of sp³-hybridized carbons (Fsp3) is 0.318. The number of rotatable bonds is 8. The van der Waals surface area contributed by atoms with E-state index in [1.54, 1.807) is 12.1 Å². The normalized spacial score (nSPS) is 16.0. The van der Waals surface area contributed by atoms with Crippen molar-refractivity contribution in [3.63, 3.8) is 0 Å². The molecule has 0 radical (unpaired) electrons. The van der Waals surface area contributed by atoms with Crippen LogP contribution in [0.4, 0.5) is 4.39 Å². The average Bonchev–Trinajstić information content (AvgIpc) is 2.78. The van der Waals surface area contributed by atoms with Crippen molar-refractivity contribution in [2.45, 2.75) is 18.9 Å². The number of ether oxygens (including phenoxy) is 2. The first kappa shape index (κ1) is 27.4. The molecule has 0 aliphatic heterocycles. The number of pyridine rings is 1. The molecule has 174 valence electrons. The second-order valence-corrected chi connectivity index (χ2v) is 7.45. The number of hydrogen-bond acceptors (Lipinski definition) is 7. The maximum atomic E-state index is 12.7. The molecule has 0 saturated carbocycles. The number of hydrogen-bond donors (Lipinski definition) is 2. The highest BCUT2D eigenvalue weighted by molar-refractivity contribution is 6.30. The van der Waals surface area contributed by atoms with Crippen molar-refractivity contribution in [2.24, 2.45) is 0 Å². The van der Waals surface area contributed by atoms with Gasteiger partial charge in [0.2, 0.25) is 5.88 Å². The molecular weight excluding hydrogens is 460 g/mol. The molecule has 0 amide bonds. The predicted molar refractivity (Wildman–Crippen MR) is 123 cm³/mol. The Bertz CT molecular complexity index is 897. The lowest BCUT2D eigenvalue weighted by atomic mass is 9.84. The largest absolute Gasteiger partial charge is 0.486 e. The summed E-state index contributed by atoms with van der Waals surface area (Å²) in [5.41, 5.74) is 1.60. The standard InChI is InChI=1S/C8H6ClFO2.C7H6ClNO2.C7H14N2/c9-7-2-1-6(5-8(7)10)12-4-3-11;8-6-1-2-7(9-5-6)11-4-3-10;1-7(9-3)4-6(5-7)8-2/h1-3,5H,4H2;1-3,5H,4H2;4,8-9H,5H2,1-3H3. The fourth-order valence-electron chi connectivity index (χ4n) is 2.34. The molecule has 1 aliphatic rings. The zero-order chi connectivity index (χ0) is 24.0. The maximum absolute atomic E-state index is 12.7. The highest BCUT2D eigenvalue weighted by Crippen LogP contribution is 2.26. The number of carbonyl (C=O) groups excluding carboxylic acids is 2. The van der Waals surface area contributed by atoms with Gasteiger partial charge in [0.15, 0.2) is 12.6 Å². The van der Waals surface area contributed by atoms with Crippen molar-refractivity contribution < 1.29 is 23.5 Å². The number of aromatic nitrogens is 1. The molecule has 3 rings (SSSR count). The lowest BCUT2D eigenvalue weighted by Crippen LogP contribution is -2.46. The molecule has 1 unspecified atom stereocenters. The predicted octanol–water partition coefficient (Wildman–Crippen LogP) is 3.84. The molecular formula is C22H26Cl2FN3O4. The van der Waals surface area contributed by atoms with E-state index in [0.29, 0.717) is 29.2 Å². The molecule has 0 bridgehead atoms. The third-order valence-corrected chi connectivity index (χ3v) is 4.68. The quantitative estimate of drug-likeness (QED) is 0.548. The molecule has 0 spiro atoms. The van der Waals surface area contributed by atoms with Crippen LogP contribution in [0.25, 0.3) is 0 Å². The topological polar surface area (TPSA) is 89.6 Å². The van der Waals surface area contributed by atoms with Crippen LogP contribution in [0.3, 0.4) is 0 Å². The van der Waals surface area contributed by atoms with E-state index in [4.69, 9.17) is 32.7 Å². The summed E-state index contributed by atoms with van der Waals surface area (Å²) in [6, 6.07) is 7.25. The highest BCUT2D eigenvalue weighted by atomic mass is 35.5. The van der Waals surface area contributed by atoms with E-state index in [1.807, 2.05) is 14.1 Å². The Labute approximate surface area is 196 Å². The molecule has 1 aromatic carbocycles. The number of nitrogens with one attached hydrogen (secondary N) is 2. The summed E-state index contributed by atoms with van der Waals surface area (Å²) in [5, 5.41) is 6.92. The van der Waals surface area contributed by atoms with Crippen molar-refractivity contribution in [2.75, 3.05) is 27.3 Å². The molecule has 1 atom stereocenters. The van der Waals surface area contributed by atoms with Crippen LogP contribution in [0.5, 0.6) is 11.6 Å². The summed E-state index contributed by atoms with van der Waals surface area (Å²) in [6.45, 7) is 2.13. The van der Waals surface area contributed by atoms with Gasteiger partial charge in [0.25, 0.3) is 0 Å². The number of benzene rings is 1. The van der Waals surface area contributed by atoms with Gasteiger partial charge in [0.1, 0.15) is 24.8 Å². The number of aldehydes is 2. The average molecular weight is 486 g/mol. The summed E-state index contributed by atoms with van der Waals surface area (Å²) in [6.07, 6.45) is 6.05. The van der Waals surface area contributed by atoms with E-state index >= 15 is 0 Å². The minimum Gasteiger partial charge on any atom is -0.486 e. The molecule has 0 saturated heterocycles. The van der Waals surface area contributed by atoms with Gasteiger partial charge in [-0.1, -0.05) is 23.2 Å². The van der Waals surface area contributed by atoms with Gasteiger partial charge in [-0.05, 0) is 38.2 Å². The number of carbonyl (C=O) groups is 2. The Morgan fingerprint density at radius 2 is 1.78 bits per heavy atom. The smallest absolute Gasteiger partial charge is 0.213 e. The van der Waals surface area contributed by atoms with Crippen molar-refractivity contribution in [1.29, 1.82) is 0 Å². The first-order valence-corrected chi connectivity index (χ1v) is 10.3. The molecule has 7 nitrogen and oxygen atoms in total. The van der Waals surface area contributed by atoms with E-state index in [1.165, 1.54) is 24.0 Å². The van der Waals surface area contributed by atoms with E-state index in [2.05, 4.69) is 28.6 Å². The van der Waals surface area contributed by atoms with Gasteiger partial charge >= 0.3 is 0 Å². The van der Waals surface area contributed by atoms with E-state index < -0.39 is 5.82 Å². The molecule has 1 heterocycles. The zero-order valence-corrected chi connectivity index (χ0v) is 19.5. The van der Waals surface area contributed by atoms with Gasteiger partial charge in [-0.2, -0.15) is 0 Å². The summed E-state index contributed by atoms with van der Waals surface area (Å²) < 4.78 is 22.4. The maximum Gasteiger partial charge on any atom is 0.213 e. The number of nitrogens with zero attached hydrogens (tertiary/aromatic N) is 1. The van der Waals surface area contributed by atoms with Crippen molar-refractivity contribution in [3.8, 4) is 11.6 Å². The van der Waals surface area contributed by atoms with Crippen LogP contribution >= 0.6 is 23.2 Å². The minimum absolute atomic E-state index is 0.0225. The van der Waals surface area contributed by atoms with Crippen molar-refractivity contribution in [1.82, 2.24) is 15.6 Å². The monoisotopic (exact) mass is 485 g/mol. The molecule has 2 N–H and O–H groups in total. The molecule has 1 aliphatic carbocycles. The van der Waals surface area contributed by atoms with Gasteiger partial charge in [0, 0.05) is 43.0 Å². The van der Waals surface area contributed by atoms with E-state index in [0.717, 1.165) is 12.5 Å². The molecule has 10 heteroatoms. The van der Waals surface area contributed by atoms with E-state index in [-0.39, 0.29) is 23.8 Å². The lowest BCUT2D eigenvalue weighted by molar-refractivity contribution is -0.110. The second-order valence-electron chi connectivity index (χ2n) is 6.61. The second kappa shape index (κ2) is 14.4. The highest BCUT2D eigenvalue weighted by Gasteiger charge is 2.28. The minimum atomic E-state index is -0.555. The van der Waals surface area contributed by atoms with Gasteiger partial charge < -0.3 is 20.1 Å². The van der Waals surface area contributed by atoms with Crippen LogP contribution in [0.2, 0.25) is 10.0 Å². The molecule has 1 aromatic heterocycles. The summed E-state index contributed by atoms with van der Waals surface area (Å²) in [5.74, 6) is 0.144. The van der Waals surface area contributed by atoms with Gasteiger partial charge in [-0.3, -0.25) is 9.59 Å². The first-order chi connectivity index (χ1) is 15.3.